The lowest BCUT2D eigenvalue weighted by Crippen LogP contribution is -2.04. The number of nitrogens with zero attached hydrogens (tertiary/aromatic N) is 2. The SMILES string of the molecule is CC(C)c1ccc(C(=O)c2ccncn2)cc1. The molecule has 0 amide bonds. The predicted octanol–water partition coefficient (Wildman–Crippen LogP) is 2.83. The van der Waals surface area contributed by atoms with Gasteiger partial charge in [-0.05, 0) is 17.5 Å². The number of benzene rings is 1. The van der Waals surface area contributed by atoms with Crippen molar-refractivity contribution in [2.45, 2.75) is 19.8 Å². The minimum Gasteiger partial charge on any atom is -0.287 e. The van der Waals surface area contributed by atoms with E-state index in [1.54, 1.807) is 12.3 Å². The van der Waals surface area contributed by atoms with Crippen LogP contribution in [0.5, 0.6) is 0 Å². The van der Waals surface area contributed by atoms with E-state index in [-0.39, 0.29) is 5.78 Å². The molecule has 3 nitrogen and oxygen atoms in total. The quantitative estimate of drug-likeness (QED) is 0.756. The Morgan fingerprint density at radius 2 is 1.82 bits per heavy atom. The van der Waals surface area contributed by atoms with Crippen molar-refractivity contribution >= 4 is 5.78 Å². The van der Waals surface area contributed by atoms with Crippen LogP contribution >= 0.6 is 0 Å². The number of ketones is 1. The van der Waals surface area contributed by atoms with Crippen molar-refractivity contribution in [1.82, 2.24) is 9.97 Å². The van der Waals surface area contributed by atoms with Crippen molar-refractivity contribution in [3.05, 3.63) is 59.7 Å². The van der Waals surface area contributed by atoms with Gasteiger partial charge in [-0.3, -0.25) is 4.79 Å². The molecule has 1 aromatic heterocycles. The summed E-state index contributed by atoms with van der Waals surface area (Å²) in [4.78, 5) is 19.8. The first-order valence-corrected chi connectivity index (χ1v) is 5.59. The molecule has 17 heavy (non-hydrogen) atoms. The van der Waals surface area contributed by atoms with Crippen LogP contribution in [-0.2, 0) is 0 Å². The van der Waals surface area contributed by atoms with Crippen molar-refractivity contribution in [1.29, 1.82) is 0 Å². The molecule has 0 atom stereocenters. The smallest absolute Gasteiger partial charge is 0.211 e. The first-order chi connectivity index (χ1) is 8.18. The van der Waals surface area contributed by atoms with Crippen LogP contribution in [0.2, 0.25) is 0 Å². The van der Waals surface area contributed by atoms with Crippen molar-refractivity contribution in [3.8, 4) is 0 Å². The van der Waals surface area contributed by atoms with Crippen LogP contribution in [0, 0.1) is 0 Å². The van der Waals surface area contributed by atoms with E-state index in [9.17, 15) is 4.79 Å². The molecule has 86 valence electrons. The predicted molar refractivity (Wildman–Crippen MR) is 66.0 cm³/mol. The summed E-state index contributed by atoms with van der Waals surface area (Å²) in [5.41, 5.74) is 2.31. The lowest BCUT2D eigenvalue weighted by molar-refractivity contribution is 0.103. The fourth-order valence-corrected chi connectivity index (χ4v) is 1.59. The molecule has 0 fully saturated rings. The molecule has 0 bridgehead atoms. The summed E-state index contributed by atoms with van der Waals surface area (Å²) < 4.78 is 0. The number of hydrogen-bond acceptors (Lipinski definition) is 3. The summed E-state index contributed by atoms with van der Waals surface area (Å²) in [7, 11) is 0. The number of aromatic nitrogens is 2. The summed E-state index contributed by atoms with van der Waals surface area (Å²) in [5, 5.41) is 0. The second-order valence-corrected chi connectivity index (χ2v) is 4.20. The topological polar surface area (TPSA) is 42.9 Å². The van der Waals surface area contributed by atoms with E-state index < -0.39 is 0 Å². The number of hydrogen-bond donors (Lipinski definition) is 0. The number of carbonyl (C=O) groups is 1. The molecule has 0 saturated carbocycles. The Kier molecular flexibility index (Phi) is 3.28. The minimum atomic E-state index is -0.0669. The van der Waals surface area contributed by atoms with Gasteiger partial charge in [-0.25, -0.2) is 9.97 Å². The Bertz CT molecular complexity index is 504. The van der Waals surface area contributed by atoms with Gasteiger partial charge in [0.05, 0.1) is 0 Å². The average Bonchev–Trinajstić information content (AvgIpc) is 2.39. The highest BCUT2D eigenvalue weighted by Gasteiger charge is 2.10. The van der Waals surface area contributed by atoms with Crippen LogP contribution in [0.25, 0.3) is 0 Å². The van der Waals surface area contributed by atoms with E-state index in [0.717, 1.165) is 0 Å². The van der Waals surface area contributed by atoms with Gasteiger partial charge in [0.25, 0.3) is 0 Å². The van der Waals surface area contributed by atoms with Gasteiger partial charge in [0.2, 0.25) is 5.78 Å². The molecule has 0 N–H and O–H groups in total. The van der Waals surface area contributed by atoms with Crippen LogP contribution in [0.4, 0.5) is 0 Å². The van der Waals surface area contributed by atoms with E-state index in [1.165, 1.54) is 11.9 Å². The second kappa shape index (κ2) is 4.87. The maximum absolute atomic E-state index is 12.0. The molecular weight excluding hydrogens is 212 g/mol. The van der Waals surface area contributed by atoms with Gasteiger partial charge in [-0.2, -0.15) is 0 Å². The number of rotatable bonds is 3. The van der Waals surface area contributed by atoms with Crippen molar-refractivity contribution in [2.75, 3.05) is 0 Å². The zero-order valence-electron chi connectivity index (χ0n) is 9.92. The molecule has 0 aliphatic rings. The highest BCUT2D eigenvalue weighted by Crippen LogP contribution is 2.16. The van der Waals surface area contributed by atoms with E-state index >= 15 is 0 Å². The zero-order valence-corrected chi connectivity index (χ0v) is 9.92. The first-order valence-electron chi connectivity index (χ1n) is 5.59. The lowest BCUT2D eigenvalue weighted by atomic mass is 10.00. The molecule has 0 spiro atoms. The molecule has 0 aliphatic heterocycles. The molecular formula is C14H14N2O. The highest BCUT2D eigenvalue weighted by atomic mass is 16.1. The van der Waals surface area contributed by atoms with Crippen LogP contribution < -0.4 is 0 Å². The monoisotopic (exact) mass is 226 g/mol. The summed E-state index contributed by atoms with van der Waals surface area (Å²) in [6, 6.07) is 9.29. The number of carbonyl (C=O) groups excluding carboxylic acids is 1. The van der Waals surface area contributed by atoms with E-state index in [4.69, 9.17) is 0 Å². The van der Waals surface area contributed by atoms with Gasteiger partial charge in [0.15, 0.2) is 0 Å². The van der Waals surface area contributed by atoms with Crippen LogP contribution in [0.1, 0.15) is 41.4 Å². The molecule has 1 heterocycles. The van der Waals surface area contributed by atoms with Gasteiger partial charge in [-0.15, -0.1) is 0 Å². The maximum atomic E-state index is 12.0. The summed E-state index contributed by atoms with van der Waals surface area (Å²) in [5.74, 6) is 0.404. The van der Waals surface area contributed by atoms with E-state index in [2.05, 4.69) is 23.8 Å². The Balaban J connectivity index is 2.27. The summed E-state index contributed by atoms with van der Waals surface area (Å²) in [6.07, 6.45) is 2.96. The van der Waals surface area contributed by atoms with Crippen molar-refractivity contribution in [3.63, 3.8) is 0 Å². The molecule has 0 radical (unpaired) electrons. The summed E-state index contributed by atoms with van der Waals surface area (Å²) >= 11 is 0. The Hall–Kier alpha value is -2.03. The normalized spacial score (nSPS) is 10.5. The van der Waals surface area contributed by atoms with E-state index in [1.807, 2.05) is 24.3 Å². The van der Waals surface area contributed by atoms with Crippen LogP contribution in [0.15, 0.2) is 42.9 Å². The van der Waals surface area contributed by atoms with Gasteiger partial charge in [-0.1, -0.05) is 38.1 Å². The lowest BCUT2D eigenvalue weighted by Gasteiger charge is -2.05. The van der Waals surface area contributed by atoms with E-state index in [0.29, 0.717) is 17.2 Å². The van der Waals surface area contributed by atoms with Gasteiger partial charge in [0.1, 0.15) is 12.0 Å². The maximum Gasteiger partial charge on any atom is 0.211 e. The molecule has 2 aromatic rings. The van der Waals surface area contributed by atoms with Gasteiger partial charge >= 0.3 is 0 Å². The molecule has 0 saturated heterocycles. The highest BCUT2D eigenvalue weighted by molar-refractivity contribution is 6.07. The summed E-state index contributed by atoms with van der Waals surface area (Å²) in [6.45, 7) is 4.25. The Morgan fingerprint density at radius 3 is 2.35 bits per heavy atom. The molecule has 2 rings (SSSR count). The average molecular weight is 226 g/mol. The fourth-order valence-electron chi connectivity index (χ4n) is 1.59. The van der Waals surface area contributed by atoms with Crippen molar-refractivity contribution in [2.24, 2.45) is 0 Å². The third kappa shape index (κ3) is 2.56. The zero-order chi connectivity index (χ0) is 12.3. The van der Waals surface area contributed by atoms with Crippen LogP contribution in [0.3, 0.4) is 0 Å². The largest absolute Gasteiger partial charge is 0.287 e. The fraction of sp³-hybridized carbons (Fsp3) is 0.214. The molecule has 0 unspecified atom stereocenters. The minimum absolute atomic E-state index is 0.0669. The Morgan fingerprint density at radius 1 is 1.12 bits per heavy atom. The first kappa shape index (κ1) is 11.5. The third-order valence-corrected chi connectivity index (χ3v) is 2.65. The molecule has 3 heteroatoms. The molecule has 1 aromatic carbocycles. The van der Waals surface area contributed by atoms with Crippen LogP contribution in [-0.4, -0.2) is 15.8 Å². The Labute approximate surface area is 101 Å². The molecule has 0 aliphatic carbocycles. The standard InChI is InChI=1S/C14H14N2O/c1-10(2)11-3-5-12(6-4-11)14(17)13-7-8-15-9-16-13/h3-10H,1-2H3. The van der Waals surface area contributed by atoms with Gasteiger partial charge in [0, 0.05) is 11.8 Å². The third-order valence-electron chi connectivity index (χ3n) is 2.65. The van der Waals surface area contributed by atoms with Gasteiger partial charge < -0.3 is 0 Å². The van der Waals surface area contributed by atoms with Crippen molar-refractivity contribution < 1.29 is 4.79 Å². The second-order valence-electron chi connectivity index (χ2n) is 4.20.